The number of anilines is 1. The first-order valence-electron chi connectivity index (χ1n) is 11.4. The Morgan fingerprint density at radius 1 is 1.09 bits per heavy atom. The molecule has 33 heavy (non-hydrogen) atoms. The van der Waals surface area contributed by atoms with Gasteiger partial charge >= 0.3 is 0 Å². The Balaban J connectivity index is 1.67. The summed E-state index contributed by atoms with van der Waals surface area (Å²) in [6.07, 6.45) is 3.90. The molecule has 6 rings (SSSR count). The third-order valence-corrected chi connectivity index (χ3v) is 8.49. The fraction of sp³-hybridized carbons (Fsp3) is 0.440. The lowest BCUT2D eigenvalue weighted by Gasteiger charge is -2.40. The molecule has 8 heteroatoms. The van der Waals surface area contributed by atoms with Crippen LogP contribution >= 0.6 is 23.2 Å². The maximum absolute atomic E-state index is 15.5. The molecule has 4 atom stereocenters. The van der Waals surface area contributed by atoms with Gasteiger partial charge in [-0.2, -0.15) is 0 Å². The van der Waals surface area contributed by atoms with Gasteiger partial charge in [0, 0.05) is 42.1 Å². The lowest BCUT2D eigenvalue weighted by molar-refractivity contribution is -0.128. The van der Waals surface area contributed by atoms with Gasteiger partial charge in [-0.05, 0) is 55.4 Å². The Morgan fingerprint density at radius 2 is 1.88 bits per heavy atom. The van der Waals surface area contributed by atoms with E-state index in [1.807, 2.05) is 0 Å². The molecule has 1 N–H and O–H groups in total. The zero-order valence-corrected chi connectivity index (χ0v) is 19.2. The van der Waals surface area contributed by atoms with Gasteiger partial charge in [0.1, 0.15) is 23.0 Å². The highest BCUT2D eigenvalue weighted by atomic mass is 35.5. The Kier molecular flexibility index (Phi) is 4.88. The van der Waals surface area contributed by atoms with Gasteiger partial charge in [0.15, 0.2) is 0 Å². The first kappa shape index (κ1) is 21.5. The van der Waals surface area contributed by atoms with E-state index in [1.54, 1.807) is 12.1 Å². The Hall–Kier alpha value is -2.02. The van der Waals surface area contributed by atoms with Crippen molar-refractivity contribution in [2.45, 2.75) is 49.6 Å². The van der Waals surface area contributed by atoms with Crippen molar-refractivity contribution in [2.75, 3.05) is 11.9 Å². The predicted molar refractivity (Wildman–Crippen MR) is 121 cm³/mol. The Morgan fingerprint density at radius 3 is 2.64 bits per heavy atom. The van der Waals surface area contributed by atoms with Crippen LogP contribution in [0.4, 0.5) is 14.5 Å². The van der Waals surface area contributed by atoms with Crippen molar-refractivity contribution < 1.29 is 18.4 Å². The number of carbonyl (C=O) groups excluding carboxylic acids is 2. The van der Waals surface area contributed by atoms with E-state index >= 15 is 4.39 Å². The molecule has 2 saturated carbocycles. The number of carbonyl (C=O) groups is 2. The van der Waals surface area contributed by atoms with Gasteiger partial charge in [-0.1, -0.05) is 35.3 Å². The zero-order valence-electron chi connectivity index (χ0n) is 17.7. The number of benzene rings is 2. The van der Waals surface area contributed by atoms with Gasteiger partial charge in [-0.15, -0.1) is 0 Å². The molecule has 2 aromatic rings. The van der Waals surface area contributed by atoms with Crippen LogP contribution in [0.1, 0.15) is 49.1 Å². The third-order valence-electron chi connectivity index (χ3n) is 7.91. The molecule has 172 valence electrons. The lowest BCUT2D eigenvalue weighted by atomic mass is 9.68. The quantitative estimate of drug-likeness (QED) is 0.603. The highest BCUT2D eigenvalue weighted by Gasteiger charge is 2.69. The number of likely N-dealkylation sites (tertiary alicyclic amines) is 1. The molecule has 2 heterocycles. The number of rotatable bonds is 3. The monoisotopic (exact) mass is 490 g/mol. The molecule has 3 fully saturated rings. The minimum atomic E-state index is -1.41. The van der Waals surface area contributed by atoms with E-state index in [0.29, 0.717) is 36.6 Å². The number of nitrogens with zero attached hydrogens (tertiary/aromatic N) is 1. The molecular formula is C25H22Cl2F2N2O2. The maximum atomic E-state index is 15.5. The fourth-order valence-corrected chi connectivity index (χ4v) is 6.79. The number of hydrogen-bond acceptors (Lipinski definition) is 3. The average molecular weight is 491 g/mol. The topological polar surface area (TPSA) is 49.4 Å². The van der Waals surface area contributed by atoms with Gasteiger partial charge in [0.05, 0.1) is 10.0 Å². The molecule has 2 aliphatic carbocycles. The molecule has 0 radical (unpaired) electrons. The second-order valence-electron chi connectivity index (χ2n) is 9.70. The molecule has 1 spiro atoms. The molecule has 0 aromatic heterocycles. The smallest absolute Gasteiger partial charge is 0.250 e. The molecule has 4 nitrogen and oxygen atoms in total. The van der Waals surface area contributed by atoms with Gasteiger partial charge in [-0.25, -0.2) is 8.78 Å². The normalized spacial score (nSPS) is 31.1. The van der Waals surface area contributed by atoms with Gasteiger partial charge < -0.3 is 5.32 Å². The molecular weight excluding hydrogens is 469 g/mol. The van der Waals surface area contributed by atoms with Crippen LogP contribution in [-0.2, 0) is 15.1 Å². The second kappa shape index (κ2) is 7.49. The van der Waals surface area contributed by atoms with E-state index in [-0.39, 0.29) is 33.3 Å². The van der Waals surface area contributed by atoms with E-state index in [4.69, 9.17) is 23.2 Å². The van der Waals surface area contributed by atoms with Crippen LogP contribution in [0.5, 0.6) is 0 Å². The summed E-state index contributed by atoms with van der Waals surface area (Å²) in [5, 5.41) is 2.72. The number of Topliss-reactive ketones (excluding diaryl/α,β-unsaturated/α-hetero) is 1. The molecule has 0 bridgehead atoms. The summed E-state index contributed by atoms with van der Waals surface area (Å²) >= 11 is 12.2. The van der Waals surface area contributed by atoms with Crippen LogP contribution in [0.15, 0.2) is 30.3 Å². The summed E-state index contributed by atoms with van der Waals surface area (Å²) in [7, 11) is 0. The van der Waals surface area contributed by atoms with E-state index in [0.717, 1.165) is 19.3 Å². The summed E-state index contributed by atoms with van der Waals surface area (Å²) in [6.45, 7) is 0.601. The third kappa shape index (κ3) is 2.96. The minimum Gasteiger partial charge on any atom is -0.324 e. The summed E-state index contributed by atoms with van der Waals surface area (Å²) in [5.41, 5.74) is -0.360. The molecule has 2 aliphatic heterocycles. The van der Waals surface area contributed by atoms with Crippen molar-refractivity contribution in [2.24, 2.45) is 11.8 Å². The van der Waals surface area contributed by atoms with Crippen LogP contribution in [-0.4, -0.2) is 29.2 Å². The molecule has 0 unspecified atom stereocenters. The van der Waals surface area contributed by atoms with Gasteiger partial charge in [-0.3, -0.25) is 14.5 Å². The molecule has 1 saturated heterocycles. The van der Waals surface area contributed by atoms with Crippen molar-refractivity contribution in [1.82, 2.24) is 4.90 Å². The largest absolute Gasteiger partial charge is 0.324 e. The second-order valence-corrected chi connectivity index (χ2v) is 10.5. The fourth-order valence-electron chi connectivity index (χ4n) is 6.44. The minimum absolute atomic E-state index is 0.0176. The van der Waals surface area contributed by atoms with E-state index in [9.17, 15) is 14.0 Å². The summed E-state index contributed by atoms with van der Waals surface area (Å²) in [6, 6.07) is 7.15. The predicted octanol–water partition coefficient (Wildman–Crippen LogP) is 5.67. The Bertz CT molecular complexity index is 1200. The SMILES string of the molecule is O=C1CCC[C@H]2[C@@H]1[C@H](c1cccc(Cl)c1F)[C@]1(C(=O)Nc3cc(Cl)c(F)cc31)N2CC1CC1. The van der Waals surface area contributed by atoms with E-state index in [1.165, 1.54) is 18.2 Å². The Labute approximate surface area is 200 Å². The summed E-state index contributed by atoms with van der Waals surface area (Å²) < 4.78 is 30.3. The standard InChI is InChI=1S/C25H22Cl2F2N2O2/c26-15-4-1-3-13(23(15)29)22-21-19(5-2-6-20(21)32)31(11-12-7-8-12)25(22)14-9-17(28)16(27)10-18(14)30-24(25)33/h1,3-4,9-10,12,19,21-22H,2,5-8,11H2,(H,30,33)/t19-,21-,22-,25+/m0/s1. The van der Waals surface area contributed by atoms with Crippen molar-refractivity contribution in [3.05, 3.63) is 63.1 Å². The average Bonchev–Trinajstić information content (AvgIpc) is 3.50. The van der Waals surface area contributed by atoms with Crippen molar-refractivity contribution in [3.63, 3.8) is 0 Å². The van der Waals surface area contributed by atoms with Crippen molar-refractivity contribution >= 4 is 40.6 Å². The lowest BCUT2D eigenvalue weighted by Crippen LogP contribution is -2.52. The van der Waals surface area contributed by atoms with Crippen LogP contribution < -0.4 is 5.32 Å². The number of nitrogens with one attached hydrogen (secondary N) is 1. The van der Waals surface area contributed by atoms with E-state index in [2.05, 4.69) is 10.2 Å². The van der Waals surface area contributed by atoms with Gasteiger partial charge in [0.25, 0.3) is 0 Å². The van der Waals surface area contributed by atoms with Gasteiger partial charge in [0.2, 0.25) is 5.91 Å². The molecule has 4 aliphatic rings. The highest BCUT2D eigenvalue weighted by Crippen LogP contribution is 2.62. The molecule has 2 aromatic carbocycles. The van der Waals surface area contributed by atoms with Crippen molar-refractivity contribution in [3.8, 4) is 0 Å². The van der Waals surface area contributed by atoms with Crippen LogP contribution in [0.3, 0.4) is 0 Å². The molecule has 1 amide bonds. The number of ketones is 1. The summed E-state index contributed by atoms with van der Waals surface area (Å²) in [5.74, 6) is -2.64. The maximum Gasteiger partial charge on any atom is 0.250 e. The van der Waals surface area contributed by atoms with Crippen LogP contribution in [0.25, 0.3) is 0 Å². The van der Waals surface area contributed by atoms with E-state index < -0.39 is 29.0 Å². The number of fused-ring (bicyclic) bond motifs is 3. The zero-order chi connectivity index (χ0) is 23.1. The number of halogens is 4. The summed E-state index contributed by atoms with van der Waals surface area (Å²) in [4.78, 5) is 29.4. The van der Waals surface area contributed by atoms with Crippen LogP contribution in [0.2, 0.25) is 10.0 Å². The number of hydrogen-bond donors (Lipinski definition) is 1. The number of amides is 1. The van der Waals surface area contributed by atoms with Crippen molar-refractivity contribution in [1.29, 1.82) is 0 Å². The highest BCUT2D eigenvalue weighted by molar-refractivity contribution is 6.31. The van der Waals surface area contributed by atoms with Crippen LogP contribution in [0, 0.1) is 23.5 Å². The first-order chi connectivity index (χ1) is 15.8. The first-order valence-corrected chi connectivity index (χ1v) is 12.1.